The second-order valence-electron chi connectivity index (χ2n) is 5.41. The zero-order chi connectivity index (χ0) is 15.5. The van der Waals surface area contributed by atoms with Crippen LogP contribution in [0.4, 0.5) is 4.79 Å². The molecular formula is C12H20N6O3. The summed E-state index contributed by atoms with van der Waals surface area (Å²) in [4.78, 5) is 25.3. The molecule has 1 fully saturated rings. The van der Waals surface area contributed by atoms with Crippen LogP contribution in [-0.2, 0) is 4.79 Å². The van der Waals surface area contributed by atoms with Crippen molar-refractivity contribution < 1.29 is 14.7 Å². The number of nitrogens with one attached hydrogen (secondary N) is 2. The third-order valence-corrected chi connectivity index (χ3v) is 4.08. The molecule has 1 aliphatic rings. The topological polar surface area (TPSA) is 124 Å². The van der Waals surface area contributed by atoms with Gasteiger partial charge in [-0.1, -0.05) is 12.1 Å². The van der Waals surface area contributed by atoms with Gasteiger partial charge in [0.1, 0.15) is 0 Å². The fourth-order valence-corrected chi connectivity index (χ4v) is 2.61. The lowest BCUT2D eigenvalue weighted by Crippen LogP contribution is -2.52. The summed E-state index contributed by atoms with van der Waals surface area (Å²) in [5, 5.41) is 25.6. The van der Waals surface area contributed by atoms with Gasteiger partial charge >= 0.3 is 12.0 Å². The molecule has 2 rings (SSSR count). The van der Waals surface area contributed by atoms with E-state index in [4.69, 9.17) is 0 Å². The van der Waals surface area contributed by atoms with Crippen molar-refractivity contribution in [3.05, 3.63) is 5.82 Å². The van der Waals surface area contributed by atoms with Gasteiger partial charge in [0.2, 0.25) is 0 Å². The minimum Gasteiger partial charge on any atom is -0.481 e. The normalized spacial score (nSPS) is 23.6. The lowest BCUT2D eigenvalue weighted by molar-refractivity contribution is -0.152. The summed E-state index contributed by atoms with van der Waals surface area (Å²) in [6, 6.07) is -0.690. The molecule has 2 heterocycles. The van der Waals surface area contributed by atoms with Crippen molar-refractivity contribution in [1.82, 2.24) is 30.8 Å². The van der Waals surface area contributed by atoms with Gasteiger partial charge in [-0.05, 0) is 26.2 Å². The first-order valence-corrected chi connectivity index (χ1v) is 7.00. The average molecular weight is 296 g/mol. The minimum atomic E-state index is -0.842. The lowest BCUT2D eigenvalue weighted by Gasteiger charge is -2.39. The number of likely N-dealkylation sites (tertiary alicyclic amines) is 1. The molecule has 1 saturated heterocycles. The van der Waals surface area contributed by atoms with Gasteiger partial charge in [-0.25, -0.2) is 4.79 Å². The maximum Gasteiger partial charge on any atom is 0.318 e. The number of tetrazole rings is 1. The summed E-state index contributed by atoms with van der Waals surface area (Å²) >= 11 is 0. The van der Waals surface area contributed by atoms with E-state index >= 15 is 0 Å². The molecule has 0 aliphatic carbocycles. The number of nitrogens with zero attached hydrogens (tertiary/aromatic N) is 4. The first-order valence-electron chi connectivity index (χ1n) is 7.00. The van der Waals surface area contributed by atoms with Crippen molar-refractivity contribution in [2.75, 3.05) is 13.1 Å². The fourth-order valence-electron chi connectivity index (χ4n) is 2.61. The number of amides is 2. The zero-order valence-corrected chi connectivity index (χ0v) is 12.2. The van der Waals surface area contributed by atoms with E-state index in [1.165, 1.54) is 0 Å². The van der Waals surface area contributed by atoms with Crippen LogP contribution in [0.1, 0.15) is 45.0 Å². The Morgan fingerprint density at radius 1 is 1.57 bits per heavy atom. The van der Waals surface area contributed by atoms with Gasteiger partial charge in [0.15, 0.2) is 5.82 Å². The van der Waals surface area contributed by atoms with E-state index in [0.717, 1.165) is 0 Å². The minimum absolute atomic E-state index is 0.226. The number of carbonyl (C=O) groups is 2. The Bertz CT molecular complexity index is 505. The molecule has 0 spiro atoms. The maximum atomic E-state index is 12.3. The van der Waals surface area contributed by atoms with Crippen molar-refractivity contribution in [3.63, 3.8) is 0 Å². The van der Waals surface area contributed by atoms with Crippen molar-refractivity contribution in [1.29, 1.82) is 0 Å². The molecule has 2 unspecified atom stereocenters. The number of H-pyrrole nitrogens is 1. The van der Waals surface area contributed by atoms with Crippen molar-refractivity contribution >= 4 is 12.0 Å². The Balaban J connectivity index is 2.01. The van der Waals surface area contributed by atoms with Gasteiger partial charge in [-0.3, -0.25) is 4.79 Å². The van der Waals surface area contributed by atoms with Gasteiger partial charge in [-0.15, -0.1) is 10.2 Å². The molecule has 1 aromatic rings. The number of hydrogen-bond donors (Lipinski definition) is 3. The van der Waals surface area contributed by atoms with E-state index in [9.17, 15) is 14.7 Å². The zero-order valence-electron chi connectivity index (χ0n) is 12.2. The van der Waals surface area contributed by atoms with E-state index in [1.807, 2.05) is 6.92 Å². The molecule has 116 valence electrons. The van der Waals surface area contributed by atoms with Crippen LogP contribution in [-0.4, -0.2) is 55.7 Å². The first kappa shape index (κ1) is 15.2. The molecule has 2 atom stereocenters. The number of piperidine rings is 1. The monoisotopic (exact) mass is 296 g/mol. The number of carbonyl (C=O) groups excluding carboxylic acids is 1. The third kappa shape index (κ3) is 3.11. The summed E-state index contributed by atoms with van der Waals surface area (Å²) in [7, 11) is 0. The third-order valence-electron chi connectivity index (χ3n) is 4.08. The van der Waals surface area contributed by atoms with Crippen LogP contribution < -0.4 is 5.32 Å². The van der Waals surface area contributed by atoms with E-state index in [1.54, 1.807) is 11.8 Å². The van der Waals surface area contributed by atoms with Crippen LogP contribution in [0.25, 0.3) is 0 Å². The number of aliphatic carboxylic acids is 1. The van der Waals surface area contributed by atoms with Gasteiger partial charge in [0, 0.05) is 13.1 Å². The summed E-state index contributed by atoms with van der Waals surface area (Å²) < 4.78 is 0. The molecule has 2 amide bonds. The molecule has 0 aromatic carbocycles. The number of urea groups is 1. The molecule has 1 aliphatic heterocycles. The Hall–Kier alpha value is -2.19. The Labute approximate surface area is 122 Å². The SMILES string of the molecule is CCC1(C(=O)O)CCCN(C(=O)NC(C)c2nn[nH]n2)C1. The number of aromatic amines is 1. The largest absolute Gasteiger partial charge is 0.481 e. The van der Waals surface area contributed by atoms with Crippen molar-refractivity contribution in [3.8, 4) is 0 Å². The van der Waals surface area contributed by atoms with Gasteiger partial charge in [0.05, 0.1) is 11.5 Å². The number of aromatic nitrogens is 4. The van der Waals surface area contributed by atoms with Crippen LogP contribution in [0, 0.1) is 5.41 Å². The number of hydrogen-bond acceptors (Lipinski definition) is 5. The molecule has 21 heavy (non-hydrogen) atoms. The average Bonchev–Trinajstić information content (AvgIpc) is 3.01. The number of carboxylic acids is 1. The Morgan fingerprint density at radius 2 is 2.33 bits per heavy atom. The van der Waals surface area contributed by atoms with Crippen LogP contribution in [0.15, 0.2) is 0 Å². The summed E-state index contributed by atoms with van der Waals surface area (Å²) in [6.45, 7) is 4.37. The fraction of sp³-hybridized carbons (Fsp3) is 0.750. The molecule has 9 nitrogen and oxygen atoms in total. The van der Waals surface area contributed by atoms with E-state index in [0.29, 0.717) is 31.6 Å². The number of carboxylic acid groups (broad SMARTS) is 1. The highest BCUT2D eigenvalue weighted by Gasteiger charge is 2.42. The highest BCUT2D eigenvalue weighted by atomic mass is 16.4. The smallest absolute Gasteiger partial charge is 0.318 e. The summed E-state index contributed by atoms with van der Waals surface area (Å²) in [6.07, 6.45) is 1.79. The van der Waals surface area contributed by atoms with Gasteiger partial charge < -0.3 is 15.3 Å². The molecule has 0 saturated carbocycles. The van der Waals surface area contributed by atoms with Crippen LogP contribution in [0.5, 0.6) is 0 Å². The molecule has 0 radical (unpaired) electrons. The Morgan fingerprint density at radius 3 is 2.90 bits per heavy atom. The standard InChI is InChI=1S/C12H20N6O3/c1-3-12(10(19)20)5-4-6-18(7-12)11(21)13-8(2)9-14-16-17-15-9/h8H,3-7H2,1-2H3,(H,13,21)(H,19,20)(H,14,15,16,17). The van der Waals surface area contributed by atoms with Gasteiger partial charge in [0.25, 0.3) is 0 Å². The predicted molar refractivity (Wildman–Crippen MR) is 72.3 cm³/mol. The molecule has 3 N–H and O–H groups in total. The molecule has 1 aromatic heterocycles. The van der Waals surface area contributed by atoms with Crippen molar-refractivity contribution in [2.45, 2.75) is 39.2 Å². The number of rotatable bonds is 4. The maximum absolute atomic E-state index is 12.3. The first-order chi connectivity index (χ1) is 9.98. The predicted octanol–water partition coefficient (Wildman–Crippen LogP) is 0.547. The molecule has 9 heteroatoms. The van der Waals surface area contributed by atoms with Crippen LogP contribution in [0.3, 0.4) is 0 Å². The molecular weight excluding hydrogens is 276 g/mol. The van der Waals surface area contributed by atoms with E-state index in [-0.39, 0.29) is 18.6 Å². The quantitative estimate of drug-likeness (QED) is 0.745. The summed E-state index contributed by atoms with van der Waals surface area (Å²) in [5.41, 5.74) is -0.842. The van der Waals surface area contributed by atoms with Crippen molar-refractivity contribution in [2.24, 2.45) is 5.41 Å². The van der Waals surface area contributed by atoms with E-state index < -0.39 is 11.4 Å². The highest BCUT2D eigenvalue weighted by Crippen LogP contribution is 2.33. The van der Waals surface area contributed by atoms with Crippen LogP contribution >= 0.6 is 0 Å². The van der Waals surface area contributed by atoms with Gasteiger partial charge in [-0.2, -0.15) is 5.21 Å². The second kappa shape index (κ2) is 6.06. The highest BCUT2D eigenvalue weighted by molar-refractivity contribution is 5.79. The molecule has 0 bridgehead atoms. The summed E-state index contributed by atoms with van der Waals surface area (Å²) in [5.74, 6) is -0.450. The lowest BCUT2D eigenvalue weighted by atomic mass is 9.78. The Kier molecular flexibility index (Phi) is 4.39. The second-order valence-corrected chi connectivity index (χ2v) is 5.41. The van der Waals surface area contributed by atoms with Crippen LogP contribution in [0.2, 0.25) is 0 Å². The van der Waals surface area contributed by atoms with E-state index in [2.05, 4.69) is 25.9 Å².